The number of rotatable bonds is 10. The molecule has 0 aromatic carbocycles. The lowest BCUT2D eigenvalue weighted by atomic mass is 10.4. The minimum absolute atomic E-state index is 0.0356. The lowest BCUT2D eigenvalue weighted by molar-refractivity contribution is -0.144. The molecule has 2 rings (SSSR count). The summed E-state index contributed by atoms with van der Waals surface area (Å²) in [5.74, 6) is -0.0726. The standard InChI is InChI=1S/C14H22N6O5P/c1-4-25-13(21)9(2)19-26(22)8-24-6-5-20-7-16-10-11(20)17-14(15)18-12(10)23-3/h7,9H,4-6,8H2,1-3H3,(H,19,22)(H2,15,17,18)/q+1. The second-order valence-electron chi connectivity index (χ2n) is 5.22. The van der Waals surface area contributed by atoms with Crippen molar-refractivity contribution in [2.24, 2.45) is 0 Å². The number of ether oxygens (including phenoxy) is 3. The van der Waals surface area contributed by atoms with Crippen LogP contribution in [-0.2, 0) is 25.4 Å². The smallest absolute Gasteiger partial charge is 0.461 e. The van der Waals surface area contributed by atoms with Crippen LogP contribution in [0.25, 0.3) is 11.2 Å². The zero-order valence-corrected chi connectivity index (χ0v) is 15.7. The number of methoxy groups -OCH3 is 1. The first kappa shape index (κ1) is 20.0. The summed E-state index contributed by atoms with van der Waals surface area (Å²) in [6.07, 6.45) is 1.54. The van der Waals surface area contributed by atoms with Gasteiger partial charge in [-0.2, -0.15) is 9.97 Å². The van der Waals surface area contributed by atoms with Gasteiger partial charge in [0.05, 0.1) is 26.7 Å². The van der Waals surface area contributed by atoms with Gasteiger partial charge in [0.15, 0.2) is 11.2 Å². The minimum Gasteiger partial charge on any atom is -0.479 e. The number of anilines is 1. The summed E-state index contributed by atoms with van der Waals surface area (Å²) in [4.78, 5) is 23.8. The first-order chi connectivity index (χ1) is 12.5. The van der Waals surface area contributed by atoms with E-state index in [9.17, 15) is 9.36 Å². The average molecular weight is 385 g/mol. The molecule has 2 atom stereocenters. The summed E-state index contributed by atoms with van der Waals surface area (Å²) in [7, 11) is -0.417. The minimum atomic E-state index is -1.89. The zero-order valence-electron chi connectivity index (χ0n) is 14.8. The topological polar surface area (TPSA) is 143 Å². The maximum Gasteiger partial charge on any atom is 0.461 e. The highest BCUT2D eigenvalue weighted by atomic mass is 31.1. The summed E-state index contributed by atoms with van der Waals surface area (Å²) in [5.41, 5.74) is 6.68. The monoisotopic (exact) mass is 385 g/mol. The summed E-state index contributed by atoms with van der Waals surface area (Å²) < 4.78 is 29.0. The highest BCUT2D eigenvalue weighted by molar-refractivity contribution is 7.42. The molecule has 0 bridgehead atoms. The largest absolute Gasteiger partial charge is 0.479 e. The number of nitrogens with two attached hydrogens (primary N) is 1. The quantitative estimate of drug-likeness (QED) is 0.340. The van der Waals surface area contributed by atoms with Crippen LogP contribution in [0, 0.1) is 0 Å². The van der Waals surface area contributed by atoms with Gasteiger partial charge in [-0.3, -0.25) is 4.79 Å². The number of carbonyl (C=O) groups is 1. The second kappa shape index (κ2) is 9.37. The predicted octanol–water partition coefficient (Wildman–Crippen LogP) is 0.675. The maximum atomic E-state index is 11.9. The van der Waals surface area contributed by atoms with Gasteiger partial charge in [0.25, 0.3) is 6.35 Å². The third kappa shape index (κ3) is 5.07. The van der Waals surface area contributed by atoms with E-state index in [0.29, 0.717) is 23.6 Å². The van der Waals surface area contributed by atoms with E-state index in [2.05, 4.69) is 20.0 Å². The van der Waals surface area contributed by atoms with Gasteiger partial charge in [0.2, 0.25) is 11.8 Å². The fourth-order valence-corrected chi connectivity index (χ4v) is 3.03. The Bertz CT molecular complexity index is 783. The van der Waals surface area contributed by atoms with Crippen LogP contribution in [0.4, 0.5) is 5.95 Å². The highest BCUT2D eigenvalue weighted by Gasteiger charge is 2.25. The molecule has 2 unspecified atom stereocenters. The van der Waals surface area contributed by atoms with E-state index in [1.165, 1.54) is 7.11 Å². The van der Waals surface area contributed by atoms with Crippen LogP contribution >= 0.6 is 7.95 Å². The Morgan fingerprint density at radius 2 is 2.23 bits per heavy atom. The first-order valence-corrected chi connectivity index (χ1v) is 9.38. The van der Waals surface area contributed by atoms with Gasteiger partial charge in [0, 0.05) is 6.54 Å². The van der Waals surface area contributed by atoms with E-state index in [4.69, 9.17) is 19.9 Å². The van der Waals surface area contributed by atoms with Gasteiger partial charge in [-0.1, -0.05) is 5.09 Å². The summed E-state index contributed by atoms with van der Waals surface area (Å²) in [5, 5.41) is 2.65. The van der Waals surface area contributed by atoms with E-state index < -0.39 is 20.0 Å². The molecular weight excluding hydrogens is 363 g/mol. The van der Waals surface area contributed by atoms with E-state index in [1.807, 2.05) is 0 Å². The Morgan fingerprint density at radius 3 is 2.92 bits per heavy atom. The number of nitrogens with one attached hydrogen (secondary N) is 1. The third-order valence-electron chi connectivity index (χ3n) is 3.31. The molecule has 142 valence electrons. The lowest BCUT2D eigenvalue weighted by Gasteiger charge is -2.06. The van der Waals surface area contributed by atoms with Gasteiger partial charge in [-0.05, 0) is 18.4 Å². The van der Waals surface area contributed by atoms with E-state index in [-0.39, 0.29) is 25.5 Å². The summed E-state index contributed by atoms with van der Waals surface area (Å²) >= 11 is 0. The van der Waals surface area contributed by atoms with E-state index in [0.717, 1.165) is 0 Å². The number of carbonyl (C=O) groups excluding carboxylic acids is 1. The lowest BCUT2D eigenvalue weighted by Crippen LogP contribution is -2.31. The van der Waals surface area contributed by atoms with Gasteiger partial charge < -0.3 is 24.5 Å². The van der Waals surface area contributed by atoms with Crippen molar-refractivity contribution in [2.45, 2.75) is 26.4 Å². The molecular formula is C14H22N6O5P+. The maximum absolute atomic E-state index is 11.9. The van der Waals surface area contributed by atoms with Crippen molar-refractivity contribution in [3.8, 4) is 5.88 Å². The van der Waals surface area contributed by atoms with Crippen LogP contribution < -0.4 is 15.6 Å². The number of aromatic nitrogens is 4. The van der Waals surface area contributed by atoms with Crippen molar-refractivity contribution >= 4 is 31.0 Å². The molecule has 0 fully saturated rings. The molecule has 0 spiro atoms. The van der Waals surface area contributed by atoms with Gasteiger partial charge >= 0.3 is 13.9 Å². The molecule has 0 saturated heterocycles. The fourth-order valence-electron chi connectivity index (χ4n) is 2.12. The summed E-state index contributed by atoms with van der Waals surface area (Å²) in [6.45, 7) is 4.26. The van der Waals surface area contributed by atoms with Crippen molar-refractivity contribution in [3.05, 3.63) is 6.33 Å². The van der Waals surface area contributed by atoms with E-state index >= 15 is 0 Å². The number of hydrogen-bond donors (Lipinski definition) is 2. The Morgan fingerprint density at radius 1 is 1.46 bits per heavy atom. The number of imidazole rings is 1. The molecule has 0 radical (unpaired) electrons. The van der Waals surface area contributed by atoms with Gasteiger partial charge in [-0.15, -0.1) is 0 Å². The molecule has 2 aromatic heterocycles. The number of nitrogen functional groups attached to an aromatic ring is 1. The molecule has 11 nitrogen and oxygen atoms in total. The number of esters is 1. The zero-order chi connectivity index (χ0) is 19.1. The van der Waals surface area contributed by atoms with Crippen LogP contribution in [0.5, 0.6) is 5.88 Å². The molecule has 2 aromatic rings. The van der Waals surface area contributed by atoms with Crippen LogP contribution in [0.15, 0.2) is 6.33 Å². The molecule has 3 N–H and O–H groups in total. The average Bonchev–Trinajstić information content (AvgIpc) is 3.01. The Balaban J connectivity index is 1.83. The highest BCUT2D eigenvalue weighted by Crippen LogP contribution is 2.21. The van der Waals surface area contributed by atoms with Crippen LogP contribution in [-0.4, -0.2) is 58.2 Å². The van der Waals surface area contributed by atoms with Crippen LogP contribution in [0.3, 0.4) is 0 Å². The fraction of sp³-hybridized carbons (Fsp3) is 0.571. The van der Waals surface area contributed by atoms with Crippen LogP contribution in [0.1, 0.15) is 13.8 Å². The Hall–Kier alpha value is -2.36. The molecule has 0 aliphatic heterocycles. The number of fused-ring (bicyclic) bond motifs is 1. The Kier molecular flexibility index (Phi) is 7.19. The Labute approximate surface area is 151 Å². The second-order valence-corrected chi connectivity index (χ2v) is 6.49. The molecule has 0 aliphatic carbocycles. The molecule has 12 heteroatoms. The molecule has 0 aliphatic rings. The summed E-state index contributed by atoms with van der Waals surface area (Å²) in [6, 6.07) is -0.660. The molecule has 2 heterocycles. The normalized spacial score (nSPS) is 12.8. The van der Waals surface area contributed by atoms with Crippen molar-refractivity contribution in [3.63, 3.8) is 0 Å². The van der Waals surface area contributed by atoms with Gasteiger partial charge in [-0.25, -0.2) is 4.98 Å². The van der Waals surface area contributed by atoms with Crippen LogP contribution in [0.2, 0.25) is 0 Å². The SMILES string of the molecule is CCOC(=O)C(C)N[P+](=O)COCCn1cnc2c(OC)nc(N)nc21. The first-order valence-electron chi connectivity index (χ1n) is 7.93. The van der Waals surface area contributed by atoms with E-state index in [1.54, 1.807) is 24.7 Å². The molecule has 26 heavy (non-hydrogen) atoms. The van der Waals surface area contributed by atoms with Crippen molar-refractivity contribution in [1.29, 1.82) is 0 Å². The number of hydrogen-bond acceptors (Lipinski definition) is 9. The molecule has 0 saturated carbocycles. The van der Waals surface area contributed by atoms with Crippen molar-refractivity contribution < 1.29 is 23.6 Å². The van der Waals surface area contributed by atoms with Crippen molar-refractivity contribution in [1.82, 2.24) is 24.6 Å². The van der Waals surface area contributed by atoms with Crippen molar-refractivity contribution in [2.75, 3.05) is 32.4 Å². The number of nitrogens with zero attached hydrogens (tertiary/aromatic N) is 4. The predicted molar refractivity (Wildman–Crippen MR) is 93.9 cm³/mol. The molecule has 0 amide bonds. The van der Waals surface area contributed by atoms with Gasteiger partial charge in [0.1, 0.15) is 6.04 Å². The third-order valence-corrected chi connectivity index (χ3v) is 4.40.